The zero-order chi connectivity index (χ0) is 15.5. The molecule has 21 heavy (non-hydrogen) atoms. The molecule has 0 heterocycles. The van der Waals surface area contributed by atoms with Crippen LogP contribution in [0.3, 0.4) is 0 Å². The van der Waals surface area contributed by atoms with E-state index in [4.69, 9.17) is 9.88 Å². The molecule has 1 atom stereocenters. The highest BCUT2D eigenvalue weighted by atomic mass is 32.2. The molecule has 6 heteroatoms. The number of methoxy groups -OCH3 is 1. The minimum Gasteiger partial charge on any atom is -0.385 e. The van der Waals surface area contributed by atoms with E-state index < -0.39 is 10.0 Å². The van der Waals surface area contributed by atoms with E-state index in [9.17, 15) is 8.42 Å². The average molecular weight is 312 g/mol. The van der Waals surface area contributed by atoms with E-state index in [2.05, 4.69) is 12.2 Å². The fourth-order valence-electron chi connectivity index (χ4n) is 2.44. The molecule has 0 radical (unpaired) electrons. The summed E-state index contributed by atoms with van der Waals surface area (Å²) in [5.41, 5.74) is 1.45. The zero-order valence-corrected chi connectivity index (χ0v) is 13.4. The molecule has 1 aliphatic rings. The number of hydrogen-bond acceptors (Lipinski definition) is 4. The second-order valence-corrected chi connectivity index (χ2v) is 7.52. The van der Waals surface area contributed by atoms with Crippen molar-refractivity contribution in [2.24, 2.45) is 10.6 Å². The Hall–Kier alpha value is -0.950. The van der Waals surface area contributed by atoms with Crippen LogP contribution in [0, 0.1) is 5.41 Å². The summed E-state index contributed by atoms with van der Waals surface area (Å²) in [6.07, 6.45) is 3.59. The molecular formula is C15H24N2O3S. The van der Waals surface area contributed by atoms with Gasteiger partial charge >= 0.3 is 0 Å². The number of hydrogen-bond donors (Lipinski definition) is 2. The van der Waals surface area contributed by atoms with Crippen LogP contribution >= 0.6 is 0 Å². The molecular weight excluding hydrogens is 288 g/mol. The second kappa shape index (κ2) is 6.44. The molecule has 3 N–H and O–H groups in total. The Labute approximate surface area is 126 Å². The number of primary sulfonamides is 1. The molecule has 1 aromatic rings. The molecule has 1 fully saturated rings. The normalized spacial score (nSPS) is 18.4. The first-order chi connectivity index (χ1) is 9.86. The van der Waals surface area contributed by atoms with Gasteiger partial charge in [0.2, 0.25) is 10.0 Å². The van der Waals surface area contributed by atoms with Crippen LogP contribution in [0.1, 0.15) is 37.8 Å². The highest BCUT2D eigenvalue weighted by Gasteiger charge is 2.41. The molecule has 1 unspecified atom stereocenters. The first kappa shape index (κ1) is 16.4. The number of nitrogens with two attached hydrogens (primary N) is 1. The standard InChI is InChI=1S/C15H24N2O3S/c1-12(17-11-15(7-8-15)9-10-20-2)13-3-5-14(6-4-13)21(16,18)19/h3-6,12,17H,7-11H2,1-2H3,(H2,16,18,19). The topological polar surface area (TPSA) is 81.4 Å². The van der Waals surface area contributed by atoms with E-state index in [1.165, 1.54) is 12.8 Å². The third kappa shape index (κ3) is 4.51. The van der Waals surface area contributed by atoms with E-state index in [0.29, 0.717) is 5.41 Å². The molecule has 5 nitrogen and oxygen atoms in total. The van der Waals surface area contributed by atoms with Gasteiger partial charge in [0.1, 0.15) is 0 Å². The highest BCUT2D eigenvalue weighted by molar-refractivity contribution is 7.89. The van der Waals surface area contributed by atoms with Crippen LogP contribution in [0.5, 0.6) is 0 Å². The number of sulfonamides is 1. The van der Waals surface area contributed by atoms with Gasteiger partial charge in [0, 0.05) is 26.3 Å². The Balaban J connectivity index is 1.90. The van der Waals surface area contributed by atoms with Crippen molar-refractivity contribution in [3.05, 3.63) is 29.8 Å². The zero-order valence-electron chi connectivity index (χ0n) is 12.6. The number of ether oxygens (including phenoxy) is 1. The van der Waals surface area contributed by atoms with Crippen molar-refractivity contribution >= 4 is 10.0 Å². The van der Waals surface area contributed by atoms with Gasteiger partial charge in [0.15, 0.2) is 0 Å². The van der Waals surface area contributed by atoms with Crippen molar-refractivity contribution < 1.29 is 13.2 Å². The lowest BCUT2D eigenvalue weighted by molar-refractivity contribution is 0.170. The number of rotatable bonds is 8. The molecule has 1 aromatic carbocycles. The van der Waals surface area contributed by atoms with Crippen LogP contribution in [-0.4, -0.2) is 28.7 Å². The van der Waals surface area contributed by atoms with E-state index in [0.717, 1.165) is 25.1 Å². The van der Waals surface area contributed by atoms with Crippen LogP contribution in [-0.2, 0) is 14.8 Å². The summed E-state index contributed by atoms with van der Waals surface area (Å²) < 4.78 is 27.6. The molecule has 0 amide bonds. The van der Waals surface area contributed by atoms with E-state index >= 15 is 0 Å². The third-order valence-corrected chi connectivity index (χ3v) is 5.21. The second-order valence-electron chi connectivity index (χ2n) is 5.96. The maximum absolute atomic E-state index is 11.2. The van der Waals surface area contributed by atoms with Gasteiger partial charge in [0.05, 0.1) is 4.90 Å². The first-order valence-corrected chi connectivity index (χ1v) is 8.76. The van der Waals surface area contributed by atoms with Crippen LogP contribution in [0.15, 0.2) is 29.2 Å². The van der Waals surface area contributed by atoms with Crippen LogP contribution < -0.4 is 10.5 Å². The van der Waals surface area contributed by atoms with Crippen molar-refractivity contribution in [3.8, 4) is 0 Å². The molecule has 0 aromatic heterocycles. The SMILES string of the molecule is COCCC1(CNC(C)c2ccc(S(N)(=O)=O)cc2)CC1. The highest BCUT2D eigenvalue weighted by Crippen LogP contribution is 2.48. The Morgan fingerprint density at radius 1 is 1.33 bits per heavy atom. The van der Waals surface area contributed by atoms with Crippen molar-refractivity contribution in [2.45, 2.75) is 37.1 Å². The average Bonchev–Trinajstić information content (AvgIpc) is 3.22. The summed E-state index contributed by atoms with van der Waals surface area (Å²) in [5, 5.41) is 8.63. The molecule has 0 bridgehead atoms. The number of benzene rings is 1. The van der Waals surface area contributed by atoms with Crippen molar-refractivity contribution in [3.63, 3.8) is 0 Å². The number of nitrogens with one attached hydrogen (secondary N) is 1. The lowest BCUT2D eigenvalue weighted by atomic mass is 10.0. The quantitative estimate of drug-likeness (QED) is 0.767. The lowest BCUT2D eigenvalue weighted by Gasteiger charge is -2.20. The van der Waals surface area contributed by atoms with Crippen molar-refractivity contribution in [1.29, 1.82) is 0 Å². The van der Waals surface area contributed by atoms with Gasteiger partial charge < -0.3 is 10.1 Å². The Kier molecular flexibility index (Phi) is 5.03. The monoisotopic (exact) mass is 312 g/mol. The molecule has 0 spiro atoms. The minimum atomic E-state index is -3.62. The summed E-state index contributed by atoms with van der Waals surface area (Å²) in [6, 6.07) is 6.92. The third-order valence-electron chi connectivity index (χ3n) is 4.29. The predicted molar refractivity (Wildman–Crippen MR) is 82.4 cm³/mol. The predicted octanol–water partition coefficient (Wildman–Crippen LogP) is 1.80. The van der Waals surface area contributed by atoms with Crippen molar-refractivity contribution in [1.82, 2.24) is 5.32 Å². The summed E-state index contributed by atoms with van der Waals surface area (Å²) >= 11 is 0. The van der Waals surface area contributed by atoms with Gasteiger partial charge in [-0.1, -0.05) is 12.1 Å². The Bertz CT molecular complexity index is 565. The van der Waals surface area contributed by atoms with Crippen LogP contribution in [0.25, 0.3) is 0 Å². The van der Waals surface area contributed by atoms with Crippen molar-refractivity contribution in [2.75, 3.05) is 20.3 Å². The minimum absolute atomic E-state index is 0.150. The van der Waals surface area contributed by atoms with Gasteiger partial charge in [-0.05, 0) is 49.3 Å². The van der Waals surface area contributed by atoms with E-state index in [1.807, 2.05) is 12.1 Å². The van der Waals surface area contributed by atoms with Gasteiger partial charge in [-0.15, -0.1) is 0 Å². The molecule has 118 valence electrons. The molecule has 1 saturated carbocycles. The fourth-order valence-corrected chi connectivity index (χ4v) is 2.96. The van der Waals surface area contributed by atoms with Gasteiger partial charge in [-0.2, -0.15) is 0 Å². The van der Waals surface area contributed by atoms with E-state index in [-0.39, 0.29) is 10.9 Å². The molecule has 1 aliphatic carbocycles. The lowest BCUT2D eigenvalue weighted by Crippen LogP contribution is -2.27. The van der Waals surface area contributed by atoms with Gasteiger partial charge in [-0.3, -0.25) is 0 Å². The molecule has 0 aliphatic heterocycles. The summed E-state index contributed by atoms with van der Waals surface area (Å²) in [6.45, 7) is 3.85. The van der Waals surface area contributed by atoms with E-state index in [1.54, 1.807) is 19.2 Å². The summed E-state index contributed by atoms with van der Waals surface area (Å²) in [7, 11) is -1.88. The first-order valence-electron chi connectivity index (χ1n) is 7.21. The largest absolute Gasteiger partial charge is 0.385 e. The molecule has 0 saturated heterocycles. The fraction of sp³-hybridized carbons (Fsp3) is 0.600. The maximum atomic E-state index is 11.2. The smallest absolute Gasteiger partial charge is 0.238 e. The van der Waals surface area contributed by atoms with Crippen LogP contribution in [0.4, 0.5) is 0 Å². The maximum Gasteiger partial charge on any atom is 0.238 e. The Morgan fingerprint density at radius 3 is 2.43 bits per heavy atom. The van der Waals surface area contributed by atoms with Gasteiger partial charge in [0.25, 0.3) is 0 Å². The van der Waals surface area contributed by atoms with Crippen LogP contribution in [0.2, 0.25) is 0 Å². The summed E-state index contributed by atoms with van der Waals surface area (Å²) in [4.78, 5) is 0.150. The van der Waals surface area contributed by atoms with Gasteiger partial charge in [-0.25, -0.2) is 13.6 Å². The summed E-state index contributed by atoms with van der Waals surface area (Å²) in [5.74, 6) is 0. The molecule has 2 rings (SSSR count). The Morgan fingerprint density at radius 2 is 1.95 bits per heavy atom.